The van der Waals surface area contributed by atoms with Gasteiger partial charge in [-0.3, -0.25) is 9.78 Å². The van der Waals surface area contributed by atoms with E-state index in [0.29, 0.717) is 10.6 Å². The van der Waals surface area contributed by atoms with Crippen molar-refractivity contribution in [1.82, 2.24) is 9.97 Å². The van der Waals surface area contributed by atoms with Gasteiger partial charge in [-0.25, -0.2) is 9.79 Å². The molecule has 0 radical (unpaired) electrons. The molecule has 3 rings (SSSR count). The van der Waals surface area contributed by atoms with E-state index in [1.165, 1.54) is 0 Å². The number of nitrogens with zero attached hydrogens (tertiary/aromatic N) is 1. The minimum atomic E-state index is -0.566. The number of rotatable bonds is 1. The van der Waals surface area contributed by atoms with Crippen molar-refractivity contribution in [2.24, 2.45) is 4.99 Å². The molecule has 1 amide bonds. The summed E-state index contributed by atoms with van der Waals surface area (Å²) >= 11 is 0. The first kappa shape index (κ1) is 10.5. The Kier molecular flexibility index (Phi) is 2.00. The Morgan fingerprint density at radius 2 is 2.00 bits per heavy atom. The van der Waals surface area contributed by atoms with Gasteiger partial charge in [-0.2, -0.15) is 0 Å². The average molecular weight is 243 g/mol. The molecule has 2 heterocycles. The molecule has 0 spiro atoms. The zero-order valence-corrected chi connectivity index (χ0v) is 9.44. The normalized spacial score (nSPS) is 13.6. The van der Waals surface area contributed by atoms with Crippen LogP contribution in [-0.4, -0.2) is 21.0 Å². The minimum absolute atomic E-state index is 0.0816. The molecule has 1 aromatic heterocycles. The highest BCUT2D eigenvalue weighted by Crippen LogP contribution is 2.18. The molecule has 6 heteroatoms. The number of imidazole rings is 1. The van der Waals surface area contributed by atoms with Gasteiger partial charge in [-0.05, 0) is 19.1 Å². The first-order valence-electron chi connectivity index (χ1n) is 5.32. The van der Waals surface area contributed by atoms with Gasteiger partial charge in [-0.15, -0.1) is 0 Å². The molecule has 3 N–H and O–H groups in total. The van der Waals surface area contributed by atoms with Crippen LogP contribution < -0.4 is 16.3 Å². The third-order valence-electron chi connectivity index (χ3n) is 2.81. The van der Waals surface area contributed by atoms with E-state index in [1.807, 2.05) is 13.0 Å². The van der Waals surface area contributed by atoms with Crippen molar-refractivity contribution in [3.05, 3.63) is 50.5 Å². The highest BCUT2D eigenvalue weighted by Gasteiger charge is 2.23. The topological polar surface area (TPSA) is 98.3 Å². The van der Waals surface area contributed by atoms with Gasteiger partial charge in [0, 0.05) is 5.22 Å². The first-order valence-corrected chi connectivity index (χ1v) is 5.32. The second kappa shape index (κ2) is 3.43. The Morgan fingerprint density at radius 1 is 1.22 bits per heavy atom. The fourth-order valence-electron chi connectivity index (χ4n) is 2.02. The summed E-state index contributed by atoms with van der Waals surface area (Å²) < 4.78 is 0. The third kappa shape index (κ3) is 1.39. The molecule has 0 saturated carbocycles. The SMILES string of the molecule is Cc1ccc2c(c1)=C(c1[nH]c(=O)[nH]c1O)C(=O)N=2. The number of hydrogen-bond donors (Lipinski definition) is 3. The first-order chi connectivity index (χ1) is 8.56. The molecule has 2 aromatic rings. The number of carbonyl (C=O) groups excluding carboxylic acids is 1. The van der Waals surface area contributed by atoms with Crippen molar-refractivity contribution >= 4 is 11.5 Å². The van der Waals surface area contributed by atoms with Crippen LogP contribution in [0.25, 0.3) is 5.57 Å². The maximum absolute atomic E-state index is 11.9. The van der Waals surface area contributed by atoms with Crippen molar-refractivity contribution in [3.63, 3.8) is 0 Å². The van der Waals surface area contributed by atoms with Crippen LogP contribution in [0, 0.1) is 6.92 Å². The summed E-state index contributed by atoms with van der Waals surface area (Å²) in [5.74, 6) is -0.825. The number of aromatic nitrogens is 2. The second-order valence-corrected chi connectivity index (χ2v) is 4.12. The molecular formula is C12H9N3O3. The molecule has 0 unspecified atom stereocenters. The van der Waals surface area contributed by atoms with Crippen LogP contribution in [0.1, 0.15) is 11.3 Å². The summed E-state index contributed by atoms with van der Waals surface area (Å²) in [5.41, 5.74) is 0.695. The number of benzene rings is 1. The summed E-state index contributed by atoms with van der Waals surface area (Å²) in [6.45, 7) is 1.89. The van der Waals surface area contributed by atoms with Gasteiger partial charge in [0.1, 0.15) is 5.69 Å². The number of H-pyrrole nitrogens is 2. The molecule has 0 saturated heterocycles. The van der Waals surface area contributed by atoms with Crippen LogP contribution in [0.4, 0.5) is 0 Å². The maximum atomic E-state index is 11.9. The van der Waals surface area contributed by atoms with Gasteiger partial charge >= 0.3 is 5.69 Å². The number of aryl methyl sites for hydroxylation is 1. The Morgan fingerprint density at radius 3 is 2.67 bits per heavy atom. The zero-order chi connectivity index (χ0) is 12.9. The summed E-state index contributed by atoms with van der Waals surface area (Å²) in [7, 11) is 0. The fourth-order valence-corrected chi connectivity index (χ4v) is 2.02. The van der Waals surface area contributed by atoms with E-state index >= 15 is 0 Å². The molecule has 90 valence electrons. The quantitative estimate of drug-likeness (QED) is 0.603. The number of aromatic hydroxyl groups is 1. The van der Waals surface area contributed by atoms with Crippen LogP contribution in [0.15, 0.2) is 28.0 Å². The number of carbonyl (C=O) groups is 1. The van der Waals surface area contributed by atoms with E-state index in [-0.39, 0.29) is 17.1 Å². The van der Waals surface area contributed by atoms with Crippen molar-refractivity contribution in [2.75, 3.05) is 0 Å². The van der Waals surface area contributed by atoms with Crippen molar-refractivity contribution in [2.45, 2.75) is 6.92 Å². The highest BCUT2D eigenvalue weighted by molar-refractivity contribution is 6.20. The van der Waals surface area contributed by atoms with Gasteiger partial charge in [0.2, 0.25) is 5.88 Å². The average Bonchev–Trinajstić information content (AvgIpc) is 2.77. The van der Waals surface area contributed by atoms with E-state index in [0.717, 1.165) is 5.56 Å². The van der Waals surface area contributed by atoms with Crippen molar-refractivity contribution in [1.29, 1.82) is 0 Å². The number of fused-ring (bicyclic) bond motifs is 1. The maximum Gasteiger partial charge on any atom is 0.326 e. The predicted octanol–water partition coefficient (Wildman–Crippen LogP) is -0.924. The zero-order valence-electron chi connectivity index (χ0n) is 9.44. The second-order valence-electron chi connectivity index (χ2n) is 4.12. The van der Waals surface area contributed by atoms with Gasteiger partial charge in [0.15, 0.2) is 0 Å². The van der Waals surface area contributed by atoms with Gasteiger partial charge < -0.3 is 10.1 Å². The van der Waals surface area contributed by atoms with Gasteiger partial charge in [0.05, 0.1) is 10.9 Å². The lowest BCUT2D eigenvalue weighted by molar-refractivity contribution is -0.112. The molecule has 0 aliphatic carbocycles. The van der Waals surface area contributed by atoms with Crippen LogP contribution in [-0.2, 0) is 4.79 Å². The van der Waals surface area contributed by atoms with Gasteiger partial charge in [0.25, 0.3) is 5.91 Å². The fraction of sp³-hybridized carbons (Fsp3) is 0.0833. The standard InChI is InChI=1S/C12H9N3O3/c1-5-2-3-7-6(4-5)8(10(16)13-7)9-11(17)15-12(18)14-9/h2-4,17H,1H3,(H2,14,15,18). The van der Waals surface area contributed by atoms with Crippen LogP contribution in [0.5, 0.6) is 5.88 Å². The minimum Gasteiger partial charge on any atom is -0.493 e. The lowest BCUT2D eigenvalue weighted by atomic mass is 10.1. The lowest BCUT2D eigenvalue weighted by Crippen LogP contribution is -2.23. The summed E-state index contributed by atoms with van der Waals surface area (Å²) in [5, 5.41) is 10.8. The van der Waals surface area contributed by atoms with E-state index in [1.54, 1.807) is 12.1 Å². The number of nitrogens with one attached hydrogen (secondary N) is 2. The monoisotopic (exact) mass is 243 g/mol. The number of amides is 1. The Hall–Kier alpha value is -2.63. The van der Waals surface area contributed by atoms with E-state index < -0.39 is 11.6 Å². The van der Waals surface area contributed by atoms with Crippen LogP contribution in [0.2, 0.25) is 0 Å². The van der Waals surface area contributed by atoms with Crippen molar-refractivity contribution in [3.8, 4) is 5.88 Å². The largest absolute Gasteiger partial charge is 0.493 e. The molecule has 1 aliphatic heterocycles. The number of hydrogen-bond acceptors (Lipinski definition) is 3. The molecule has 0 atom stereocenters. The Bertz CT molecular complexity index is 842. The smallest absolute Gasteiger partial charge is 0.326 e. The number of aromatic amines is 2. The summed E-state index contributed by atoms with van der Waals surface area (Å²) in [4.78, 5) is 31.4. The van der Waals surface area contributed by atoms with Crippen molar-refractivity contribution < 1.29 is 9.90 Å². The summed E-state index contributed by atoms with van der Waals surface area (Å²) in [6.07, 6.45) is 0. The predicted molar refractivity (Wildman–Crippen MR) is 62.6 cm³/mol. The molecule has 0 bridgehead atoms. The molecule has 1 aliphatic rings. The molecule has 0 fully saturated rings. The van der Waals surface area contributed by atoms with E-state index in [9.17, 15) is 14.7 Å². The lowest BCUT2D eigenvalue weighted by Gasteiger charge is -1.97. The highest BCUT2D eigenvalue weighted by atomic mass is 16.3. The molecule has 1 aromatic carbocycles. The van der Waals surface area contributed by atoms with E-state index in [2.05, 4.69) is 15.0 Å². The third-order valence-corrected chi connectivity index (χ3v) is 2.81. The van der Waals surface area contributed by atoms with Crippen LogP contribution in [0.3, 0.4) is 0 Å². The van der Waals surface area contributed by atoms with Crippen LogP contribution >= 0.6 is 0 Å². The Labute approximate surface area is 100 Å². The molecular weight excluding hydrogens is 234 g/mol. The summed E-state index contributed by atoms with van der Waals surface area (Å²) in [6, 6.07) is 5.37. The van der Waals surface area contributed by atoms with E-state index in [4.69, 9.17) is 0 Å². The molecule has 18 heavy (non-hydrogen) atoms. The molecule has 6 nitrogen and oxygen atoms in total. The van der Waals surface area contributed by atoms with Gasteiger partial charge in [-0.1, -0.05) is 11.6 Å². The Balaban J connectivity index is 2.45.